The maximum Gasteiger partial charge on any atom is 0.137 e. The topological polar surface area (TPSA) is 12.0 Å². The molecule has 0 amide bonds. The average Bonchev–Trinajstić information content (AvgIpc) is 2.18. The van der Waals surface area contributed by atoms with Crippen molar-refractivity contribution in [3.05, 3.63) is 34.1 Å². The van der Waals surface area contributed by atoms with Gasteiger partial charge in [0.05, 0.1) is 4.47 Å². The molecule has 0 aliphatic carbocycles. The number of nitrogens with one attached hydrogen (secondary N) is 1. The Bertz CT molecular complexity index is 312. The molecule has 84 valence electrons. The third-order valence-electron chi connectivity index (χ3n) is 2.21. The van der Waals surface area contributed by atoms with Crippen LogP contribution in [0.4, 0.5) is 4.39 Å². The van der Waals surface area contributed by atoms with E-state index in [-0.39, 0.29) is 5.82 Å². The van der Waals surface area contributed by atoms with Crippen molar-refractivity contribution in [3.8, 4) is 0 Å². The van der Waals surface area contributed by atoms with E-state index >= 15 is 0 Å². The molecular formula is C12H17BrFN. The molecule has 0 aliphatic rings. The quantitative estimate of drug-likeness (QED) is 0.807. The van der Waals surface area contributed by atoms with E-state index in [9.17, 15) is 4.39 Å². The van der Waals surface area contributed by atoms with Gasteiger partial charge >= 0.3 is 0 Å². The molecule has 1 N–H and O–H groups in total. The number of hydrogen-bond donors (Lipinski definition) is 1. The standard InChI is InChI=1S/C12H17BrFN/c1-9(2)5-6-15-8-10-3-4-12(14)11(13)7-10/h3-4,7,9,15H,5-6,8H2,1-2H3. The van der Waals surface area contributed by atoms with Gasteiger partial charge in [-0.05, 0) is 52.5 Å². The highest BCUT2D eigenvalue weighted by Crippen LogP contribution is 2.16. The van der Waals surface area contributed by atoms with Gasteiger partial charge in [0.25, 0.3) is 0 Å². The van der Waals surface area contributed by atoms with Crippen LogP contribution in [0.5, 0.6) is 0 Å². The predicted molar refractivity (Wildman–Crippen MR) is 65.3 cm³/mol. The van der Waals surface area contributed by atoms with Crippen LogP contribution in [0.3, 0.4) is 0 Å². The summed E-state index contributed by atoms with van der Waals surface area (Å²) < 4.78 is 13.5. The molecule has 0 aromatic heterocycles. The summed E-state index contributed by atoms with van der Waals surface area (Å²) in [5, 5.41) is 3.34. The largest absolute Gasteiger partial charge is 0.313 e. The van der Waals surface area contributed by atoms with Gasteiger partial charge in [0.2, 0.25) is 0 Å². The second kappa shape index (κ2) is 6.23. The second-order valence-corrected chi connectivity index (χ2v) is 4.96. The molecule has 1 nitrogen and oxygen atoms in total. The number of rotatable bonds is 5. The van der Waals surface area contributed by atoms with Crippen molar-refractivity contribution >= 4 is 15.9 Å². The first kappa shape index (κ1) is 12.7. The highest BCUT2D eigenvalue weighted by Gasteiger charge is 2.00. The van der Waals surface area contributed by atoms with E-state index < -0.39 is 0 Å². The molecule has 0 spiro atoms. The fourth-order valence-electron chi connectivity index (χ4n) is 1.27. The fourth-order valence-corrected chi connectivity index (χ4v) is 1.70. The molecule has 15 heavy (non-hydrogen) atoms. The minimum absolute atomic E-state index is 0.207. The predicted octanol–water partition coefficient (Wildman–Crippen LogP) is 3.72. The Labute approximate surface area is 99.2 Å². The van der Waals surface area contributed by atoms with E-state index in [4.69, 9.17) is 0 Å². The van der Waals surface area contributed by atoms with Gasteiger partial charge in [-0.3, -0.25) is 0 Å². The molecule has 0 saturated heterocycles. The molecule has 0 fully saturated rings. The van der Waals surface area contributed by atoms with Crippen LogP contribution < -0.4 is 5.32 Å². The van der Waals surface area contributed by atoms with Crippen LogP contribution in [0, 0.1) is 11.7 Å². The summed E-state index contributed by atoms with van der Waals surface area (Å²) in [7, 11) is 0. The summed E-state index contributed by atoms with van der Waals surface area (Å²) in [4.78, 5) is 0. The lowest BCUT2D eigenvalue weighted by atomic mass is 10.1. The first-order chi connectivity index (χ1) is 7.09. The van der Waals surface area contributed by atoms with Gasteiger partial charge in [-0.1, -0.05) is 19.9 Å². The van der Waals surface area contributed by atoms with Crippen LogP contribution in [-0.2, 0) is 6.54 Å². The van der Waals surface area contributed by atoms with Crippen molar-refractivity contribution in [2.45, 2.75) is 26.8 Å². The zero-order chi connectivity index (χ0) is 11.3. The van der Waals surface area contributed by atoms with E-state index in [1.54, 1.807) is 0 Å². The Balaban J connectivity index is 2.35. The number of hydrogen-bond acceptors (Lipinski definition) is 1. The lowest BCUT2D eigenvalue weighted by Gasteiger charge is -2.07. The van der Waals surface area contributed by atoms with Gasteiger partial charge in [0, 0.05) is 6.54 Å². The highest BCUT2D eigenvalue weighted by atomic mass is 79.9. The van der Waals surface area contributed by atoms with E-state index in [2.05, 4.69) is 35.1 Å². The Morgan fingerprint density at radius 1 is 1.40 bits per heavy atom. The third-order valence-corrected chi connectivity index (χ3v) is 2.82. The molecule has 1 aromatic rings. The summed E-state index contributed by atoms with van der Waals surface area (Å²) in [5.74, 6) is 0.512. The lowest BCUT2D eigenvalue weighted by molar-refractivity contribution is 0.537. The van der Waals surface area contributed by atoms with Crippen LogP contribution in [0.1, 0.15) is 25.8 Å². The van der Waals surface area contributed by atoms with Crippen LogP contribution in [-0.4, -0.2) is 6.54 Å². The molecule has 0 aliphatic heterocycles. The van der Waals surface area contributed by atoms with Gasteiger partial charge in [0.15, 0.2) is 0 Å². The molecule has 1 rings (SSSR count). The van der Waals surface area contributed by atoms with Crippen molar-refractivity contribution in [3.63, 3.8) is 0 Å². The number of benzene rings is 1. The van der Waals surface area contributed by atoms with Crippen LogP contribution in [0.15, 0.2) is 22.7 Å². The second-order valence-electron chi connectivity index (χ2n) is 4.11. The molecule has 0 atom stereocenters. The van der Waals surface area contributed by atoms with Crippen LogP contribution >= 0.6 is 15.9 Å². The van der Waals surface area contributed by atoms with E-state index in [1.807, 2.05) is 12.1 Å². The molecule has 0 saturated carbocycles. The smallest absolute Gasteiger partial charge is 0.137 e. The highest BCUT2D eigenvalue weighted by molar-refractivity contribution is 9.10. The normalized spacial score (nSPS) is 11.0. The monoisotopic (exact) mass is 273 g/mol. The van der Waals surface area contributed by atoms with E-state index in [1.165, 1.54) is 12.5 Å². The van der Waals surface area contributed by atoms with Crippen molar-refractivity contribution < 1.29 is 4.39 Å². The fraction of sp³-hybridized carbons (Fsp3) is 0.500. The van der Waals surface area contributed by atoms with Crippen molar-refractivity contribution in [2.24, 2.45) is 5.92 Å². The molecular weight excluding hydrogens is 257 g/mol. The lowest BCUT2D eigenvalue weighted by Crippen LogP contribution is -2.16. The van der Waals surface area contributed by atoms with Crippen LogP contribution in [0.2, 0.25) is 0 Å². The van der Waals surface area contributed by atoms with Crippen molar-refractivity contribution in [1.82, 2.24) is 5.32 Å². The van der Waals surface area contributed by atoms with Gasteiger partial charge in [-0.25, -0.2) is 4.39 Å². The molecule has 0 heterocycles. The SMILES string of the molecule is CC(C)CCNCc1ccc(F)c(Br)c1. The summed E-state index contributed by atoms with van der Waals surface area (Å²) >= 11 is 3.18. The zero-order valence-electron chi connectivity index (χ0n) is 9.19. The molecule has 0 radical (unpaired) electrons. The molecule has 0 bridgehead atoms. The maximum atomic E-state index is 12.9. The van der Waals surface area contributed by atoms with Gasteiger partial charge in [-0.2, -0.15) is 0 Å². The summed E-state index contributed by atoms with van der Waals surface area (Å²) in [6.45, 7) is 6.21. The van der Waals surface area contributed by atoms with Gasteiger partial charge < -0.3 is 5.32 Å². The van der Waals surface area contributed by atoms with E-state index in [0.29, 0.717) is 4.47 Å². The van der Waals surface area contributed by atoms with Crippen LogP contribution in [0.25, 0.3) is 0 Å². The Morgan fingerprint density at radius 2 is 2.13 bits per heavy atom. The maximum absolute atomic E-state index is 12.9. The molecule has 3 heteroatoms. The van der Waals surface area contributed by atoms with Gasteiger partial charge in [0.1, 0.15) is 5.82 Å². The van der Waals surface area contributed by atoms with Crippen molar-refractivity contribution in [2.75, 3.05) is 6.54 Å². The first-order valence-corrected chi connectivity index (χ1v) is 6.03. The minimum atomic E-state index is -0.207. The minimum Gasteiger partial charge on any atom is -0.313 e. The van der Waals surface area contributed by atoms with Gasteiger partial charge in [-0.15, -0.1) is 0 Å². The Morgan fingerprint density at radius 3 is 2.73 bits per heavy atom. The Kier molecular flexibility index (Phi) is 5.26. The van der Waals surface area contributed by atoms with E-state index in [0.717, 1.165) is 24.6 Å². The zero-order valence-corrected chi connectivity index (χ0v) is 10.8. The Hall–Kier alpha value is -0.410. The summed E-state index contributed by atoms with van der Waals surface area (Å²) in [6.07, 6.45) is 1.17. The number of halogens is 2. The average molecular weight is 274 g/mol. The first-order valence-electron chi connectivity index (χ1n) is 5.24. The van der Waals surface area contributed by atoms with Crippen molar-refractivity contribution in [1.29, 1.82) is 0 Å². The molecule has 0 unspecified atom stereocenters. The summed E-state index contributed by atoms with van der Waals surface area (Å²) in [6, 6.07) is 5.11. The third kappa shape index (κ3) is 4.76. The molecule has 1 aromatic carbocycles. The summed E-state index contributed by atoms with van der Waals surface area (Å²) in [5.41, 5.74) is 1.10.